The average Bonchev–Trinajstić information content (AvgIpc) is 2.78. The molecule has 0 fully saturated rings. The first-order valence-electron chi connectivity index (χ1n) is 12.2. The molecule has 202 valence electrons. The van der Waals surface area contributed by atoms with Gasteiger partial charge in [0.1, 0.15) is 26.4 Å². The molecule has 0 aromatic carbocycles. The summed E-state index contributed by atoms with van der Waals surface area (Å²) in [6, 6.07) is 0. The van der Waals surface area contributed by atoms with Crippen LogP contribution in [0.2, 0.25) is 0 Å². The number of carbonyl (C=O) groups is 4. The van der Waals surface area contributed by atoms with E-state index in [4.69, 9.17) is 18.9 Å². The van der Waals surface area contributed by atoms with Crippen LogP contribution >= 0.6 is 0 Å². The van der Waals surface area contributed by atoms with Crippen molar-refractivity contribution in [2.45, 2.75) is 80.1 Å². The maximum Gasteiger partial charge on any atom is 0.302 e. The van der Waals surface area contributed by atoms with Crippen LogP contribution in [-0.2, 0) is 38.1 Å². The molecule has 0 aliphatic heterocycles. The normalized spacial score (nSPS) is 12.7. The van der Waals surface area contributed by atoms with Crippen LogP contribution in [0.5, 0.6) is 0 Å². The molecule has 0 amide bonds. The molecule has 0 rings (SSSR count). The molecule has 0 aromatic rings. The molecular formula is C28H42O8. The molecule has 36 heavy (non-hydrogen) atoms. The van der Waals surface area contributed by atoms with E-state index in [9.17, 15) is 19.2 Å². The monoisotopic (exact) mass is 506 g/mol. The smallest absolute Gasteiger partial charge is 0.302 e. The van der Waals surface area contributed by atoms with Crippen LogP contribution in [0.15, 0.2) is 46.6 Å². The van der Waals surface area contributed by atoms with E-state index in [1.807, 2.05) is 13.0 Å². The third-order valence-corrected chi connectivity index (χ3v) is 4.97. The lowest BCUT2D eigenvalue weighted by molar-refractivity contribution is -0.141. The van der Waals surface area contributed by atoms with Crippen LogP contribution in [0.4, 0.5) is 0 Å². The van der Waals surface area contributed by atoms with E-state index in [0.29, 0.717) is 6.42 Å². The predicted octanol–water partition coefficient (Wildman–Crippen LogP) is 5.32. The SMILES string of the molecule is CC(=O)OCC=C(CCC=C(C)CCC=C(CCC=C(C)COC(C)=O)COC(C)=O)COC(C)=O. The van der Waals surface area contributed by atoms with Crippen molar-refractivity contribution in [2.24, 2.45) is 0 Å². The van der Waals surface area contributed by atoms with E-state index >= 15 is 0 Å². The fourth-order valence-electron chi connectivity index (χ4n) is 3.02. The van der Waals surface area contributed by atoms with Gasteiger partial charge < -0.3 is 18.9 Å². The summed E-state index contributed by atoms with van der Waals surface area (Å²) >= 11 is 0. The van der Waals surface area contributed by atoms with Crippen molar-refractivity contribution < 1.29 is 38.1 Å². The Labute approximate surface area is 215 Å². The van der Waals surface area contributed by atoms with Gasteiger partial charge in [0.15, 0.2) is 0 Å². The second-order valence-electron chi connectivity index (χ2n) is 8.59. The Kier molecular flexibility index (Phi) is 18.3. The number of carbonyl (C=O) groups excluding carboxylic acids is 4. The van der Waals surface area contributed by atoms with E-state index in [2.05, 4.69) is 19.1 Å². The lowest BCUT2D eigenvalue weighted by Crippen LogP contribution is -2.05. The molecule has 0 aliphatic carbocycles. The standard InChI is InChI=1S/C28H42O8/c1-21(11-8-15-28(20-36-26(6)32)16-17-33-23(3)29)10-7-13-27(19-35-25(5)31)14-9-12-22(2)18-34-24(4)30/h11-13,16H,7-10,14-15,17-20H2,1-6H3. The maximum atomic E-state index is 11.2. The zero-order valence-corrected chi connectivity index (χ0v) is 22.6. The quantitative estimate of drug-likeness (QED) is 0.148. The van der Waals surface area contributed by atoms with Crippen LogP contribution in [0.25, 0.3) is 0 Å². The van der Waals surface area contributed by atoms with Gasteiger partial charge in [0, 0.05) is 27.7 Å². The summed E-state index contributed by atoms with van der Waals surface area (Å²) < 4.78 is 20.2. The van der Waals surface area contributed by atoms with Crippen LogP contribution in [0, 0.1) is 0 Å². The molecule has 0 spiro atoms. The fraction of sp³-hybridized carbons (Fsp3) is 0.571. The predicted molar refractivity (Wildman–Crippen MR) is 138 cm³/mol. The molecule has 0 heterocycles. The summed E-state index contributed by atoms with van der Waals surface area (Å²) in [5.74, 6) is -1.33. The minimum absolute atomic E-state index is 0.156. The minimum atomic E-state index is -0.358. The zero-order valence-electron chi connectivity index (χ0n) is 22.6. The lowest BCUT2D eigenvalue weighted by atomic mass is 10.0. The van der Waals surface area contributed by atoms with Crippen molar-refractivity contribution in [3.05, 3.63) is 46.6 Å². The number of esters is 4. The summed E-state index contributed by atoms with van der Waals surface area (Å²) in [5.41, 5.74) is 4.15. The van der Waals surface area contributed by atoms with Crippen LogP contribution in [-0.4, -0.2) is 50.3 Å². The molecule has 0 atom stereocenters. The van der Waals surface area contributed by atoms with Gasteiger partial charge in [-0.1, -0.05) is 23.8 Å². The van der Waals surface area contributed by atoms with E-state index in [0.717, 1.165) is 48.8 Å². The summed E-state index contributed by atoms with van der Waals surface area (Å²) in [4.78, 5) is 44.2. The Morgan fingerprint density at radius 1 is 0.472 bits per heavy atom. The largest absolute Gasteiger partial charge is 0.462 e. The molecule has 0 unspecified atom stereocenters. The van der Waals surface area contributed by atoms with E-state index in [1.54, 1.807) is 6.08 Å². The van der Waals surface area contributed by atoms with Gasteiger partial charge >= 0.3 is 23.9 Å². The first kappa shape index (κ1) is 32.8. The van der Waals surface area contributed by atoms with Crippen LogP contribution < -0.4 is 0 Å². The minimum Gasteiger partial charge on any atom is -0.462 e. The second-order valence-corrected chi connectivity index (χ2v) is 8.59. The molecule has 8 heteroatoms. The molecule has 0 aromatic heterocycles. The lowest BCUT2D eigenvalue weighted by Gasteiger charge is -2.09. The van der Waals surface area contributed by atoms with Crippen LogP contribution in [0.1, 0.15) is 80.1 Å². The van der Waals surface area contributed by atoms with Gasteiger partial charge in [-0.25, -0.2) is 0 Å². The van der Waals surface area contributed by atoms with Gasteiger partial charge in [-0.2, -0.15) is 0 Å². The highest BCUT2D eigenvalue weighted by atomic mass is 16.5. The van der Waals surface area contributed by atoms with E-state index < -0.39 is 0 Å². The number of ether oxygens (including phenoxy) is 4. The Bertz CT molecular complexity index is 846. The Morgan fingerprint density at radius 3 is 1.39 bits per heavy atom. The highest BCUT2D eigenvalue weighted by Gasteiger charge is 2.03. The van der Waals surface area contributed by atoms with Gasteiger partial charge in [-0.05, 0) is 75.2 Å². The number of hydrogen-bond acceptors (Lipinski definition) is 8. The zero-order chi connectivity index (χ0) is 27.3. The van der Waals surface area contributed by atoms with Gasteiger partial charge in [0.05, 0.1) is 0 Å². The van der Waals surface area contributed by atoms with E-state index in [-0.39, 0.29) is 50.3 Å². The highest BCUT2D eigenvalue weighted by molar-refractivity contribution is 5.67. The first-order valence-corrected chi connectivity index (χ1v) is 12.2. The third kappa shape index (κ3) is 21.4. The summed E-state index contributed by atoms with van der Waals surface area (Å²) in [6.07, 6.45) is 12.7. The molecule has 0 N–H and O–H groups in total. The molecule has 0 radical (unpaired) electrons. The van der Waals surface area contributed by atoms with Crippen molar-refractivity contribution >= 4 is 23.9 Å². The van der Waals surface area contributed by atoms with Gasteiger partial charge in [-0.15, -0.1) is 0 Å². The topological polar surface area (TPSA) is 105 Å². The van der Waals surface area contributed by atoms with Crippen molar-refractivity contribution in [1.29, 1.82) is 0 Å². The fourth-order valence-corrected chi connectivity index (χ4v) is 3.02. The highest BCUT2D eigenvalue weighted by Crippen LogP contribution is 2.15. The van der Waals surface area contributed by atoms with Crippen molar-refractivity contribution in [3.8, 4) is 0 Å². The average molecular weight is 507 g/mol. The summed E-state index contributed by atoms with van der Waals surface area (Å²) in [7, 11) is 0. The molecule has 0 aliphatic rings. The van der Waals surface area contributed by atoms with E-state index in [1.165, 1.54) is 33.3 Å². The van der Waals surface area contributed by atoms with Gasteiger partial charge in [-0.3, -0.25) is 19.2 Å². The molecule has 0 saturated carbocycles. The molecular weight excluding hydrogens is 464 g/mol. The Balaban J connectivity index is 4.81. The molecule has 0 bridgehead atoms. The number of hydrogen-bond donors (Lipinski definition) is 0. The van der Waals surface area contributed by atoms with Crippen LogP contribution in [0.3, 0.4) is 0 Å². The Morgan fingerprint density at radius 2 is 0.889 bits per heavy atom. The first-order chi connectivity index (χ1) is 17.0. The van der Waals surface area contributed by atoms with Gasteiger partial charge in [0.25, 0.3) is 0 Å². The van der Waals surface area contributed by atoms with Crippen molar-refractivity contribution in [2.75, 3.05) is 26.4 Å². The summed E-state index contributed by atoms with van der Waals surface area (Å²) in [5, 5.41) is 0. The van der Waals surface area contributed by atoms with Crippen molar-refractivity contribution in [1.82, 2.24) is 0 Å². The van der Waals surface area contributed by atoms with Crippen molar-refractivity contribution in [3.63, 3.8) is 0 Å². The van der Waals surface area contributed by atoms with Gasteiger partial charge in [0.2, 0.25) is 0 Å². The number of allylic oxidation sites excluding steroid dienone is 4. The Hall–Kier alpha value is -3.16. The second kappa shape index (κ2) is 20.1. The maximum absolute atomic E-state index is 11.2. The third-order valence-electron chi connectivity index (χ3n) is 4.97. The summed E-state index contributed by atoms with van der Waals surface area (Å²) in [6.45, 7) is 10.3. The molecule has 0 saturated heterocycles. The number of rotatable bonds is 17. The molecule has 8 nitrogen and oxygen atoms in total.